The molecule has 0 amide bonds. The molecule has 0 aliphatic rings. The predicted octanol–water partition coefficient (Wildman–Crippen LogP) is 4.07. The molecule has 0 aliphatic carbocycles. The first-order valence-electron chi connectivity index (χ1n) is 6.13. The molecule has 1 unspecified atom stereocenters. The minimum Gasteiger partial charge on any atom is -0.496 e. The Morgan fingerprint density at radius 1 is 1.05 bits per heavy atom. The van der Waals surface area contributed by atoms with E-state index in [1.807, 2.05) is 0 Å². The van der Waals surface area contributed by atoms with E-state index in [0.29, 0.717) is 16.3 Å². The molecule has 0 aromatic heterocycles. The van der Waals surface area contributed by atoms with E-state index in [1.165, 1.54) is 13.2 Å². The van der Waals surface area contributed by atoms with Crippen molar-refractivity contribution in [1.82, 2.24) is 5.32 Å². The summed E-state index contributed by atoms with van der Waals surface area (Å²) in [6.45, 7) is 0. The smallest absolute Gasteiger partial charge is 0.194 e. The third-order valence-electron chi connectivity index (χ3n) is 3.17. The summed E-state index contributed by atoms with van der Waals surface area (Å²) >= 11 is 5.95. The van der Waals surface area contributed by atoms with E-state index in [2.05, 4.69) is 5.32 Å². The van der Waals surface area contributed by atoms with Gasteiger partial charge in [-0.15, -0.1) is 0 Å². The van der Waals surface area contributed by atoms with Gasteiger partial charge in [-0.3, -0.25) is 0 Å². The van der Waals surface area contributed by atoms with Gasteiger partial charge in [0.1, 0.15) is 5.75 Å². The summed E-state index contributed by atoms with van der Waals surface area (Å²) in [6, 6.07) is 6.18. The molecule has 2 aromatic carbocycles. The molecule has 112 valence electrons. The lowest BCUT2D eigenvalue weighted by atomic mass is 9.97. The summed E-state index contributed by atoms with van der Waals surface area (Å²) < 4.78 is 45.7. The molecule has 0 fully saturated rings. The standard InChI is InChI=1S/C15H13ClF3NO/c1-20-15(9-4-5-11(17)14(19)13(9)18)10-7-8(16)3-6-12(10)21-2/h3-7,15,20H,1-2H3. The molecule has 0 spiro atoms. The SMILES string of the molecule is CNC(c1cc(Cl)ccc1OC)c1ccc(F)c(F)c1F. The lowest BCUT2D eigenvalue weighted by Gasteiger charge is -2.21. The zero-order chi connectivity index (χ0) is 15.6. The van der Waals surface area contributed by atoms with Gasteiger partial charge in [-0.2, -0.15) is 0 Å². The van der Waals surface area contributed by atoms with Crippen molar-refractivity contribution in [3.63, 3.8) is 0 Å². The predicted molar refractivity (Wildman–Crippen MR) is 75.2 cm³/mol. The van der Waals surface area contributed by atoms with Gasteiger partial charge >= 0.3 is 0 Å². The van der Waals surface area contributed by atoms with Gasteiger partial charge in [0.25, 0.3) is 0 Å². The molecular weight excluding hydrogens is 303 g/mol. The zero-order valence-electron chi connectivity index (χ0n) is 11.4. The summed E-state index contributed by atoms with van der Waals surface area (Å²) in [5.41, 5.74) is 0.495. The minimum absolute atomic E-state index is 0.0306. The van der Waals surface area contributed by atoms with Crippen molar-refractivity contribution in [1.29, 1.82) is 0 Å². The third-order valence-corrected chi connectivity index (χ3v) is 3.40. The van der Waals surface area contributed by atoms with Crippen molar-refractivity contribution in [2.75, 3.05) is 14.2 Å². The molecule has 2 nitrogen and oxygen atoms in total. The number of halogens is 4. The fourth-order valence-electron chi connectivity index (χ4n) is 2.17. The minimum atomic E-state index is -1.51. The highest BCUT2D eigenvalue weighted by Crippen LogP contribution is 2.34. The van der Waals surface area contributed by atoms with Gasteiger partial charge in [-0.1, -0.05) is 17.7 Å². The van der Waals surface area contributed by atoms with Crippen LogP contribution in [-0.2, 0) is 0 Å². The van der Waals surface area contributed by atoms with Crippen LogP contribution in [0.5, 0.6) is 5.75 Å². The first kappa shape index (κ1) is 15.7. The molecule has 0 radical (unpaired) electrons. The van der Waals surface area contributed by atoms with Crippen molar-refractivity contribution in [3.05, 3.63) is 63.9 Å². The third kappa shape index (κ3) is 2.99. The number of methoxy groups -OCH3 is 1. The van der Waals surface area contributed by atoms with Crippen molar-refractivity contribution < 1.29 is 17.9 Å². The Balaban J connectivity index is 2.60. The Morgan fingerprint density at radius 2 is 1.76 bits per heavy atom. The van der Waals surface area contributed by atoms with E-state index >= 15 is 0 Å². The van der Waals surface area contributed by atoms with Gasteiger partial charge in [0, 0.05) is 16.1 Å². The molecule has 2 rings (SSSR count). The number of rotatable bonds is 4. The average molecular weight is 316 g/mol. The molecule has 1 N–H and O–H groups in total. The molecule has 0 saturated heterocycles. The van der Waals surface area contributed by atoms with Crippen LogP contribution in [0.1, 0.15) is 17.2 Å². The van der Waals surface area contributed by atoms with Gasteiger partial charge in [0.15, 0.2) is 17.5 Å². The van der Waals surface area contributed by atoms with Gasteiger partial charge in [0.05, 0.1) is 13.2 Å². The maximum atomic E-state index is 14.0. The van der Waals surface area contributed by atoms with Crippen LogP contribution in [0.15, 0.2) is 30.3 Å². The second-order valence-electron chi connectivity index (χ2n) is 4.37. The first-order chi connectivity index (χ1) is 9.99. The Bertz CT molecular complexity index is 664. The maximum Gasteiger partial charge on any atom is 0.194 e. The normalized spacial score (nSPS) is 12.3. The largest absolute Gasteiger partial charge is 0.496 e. The monoisotopic (exact) mass is 315 g/mol. The zero-order valence-corrected chi connectivity index (χ0v) is 12.1. The summed E-state index contributed by atoms with van der Waals surface area (Å²) in [5.74, 6) is -3.52. The fourth-order valence-corrected chi connectivity index (χ4v) is 2.35. The quantitative estimate of drug-likeness (QED) is 0.859. The summed E-state index contributed by atoms with van der Waals surface area (Å²) in [6.07, 6.45) is 0. The van der Waals surface area contributed by atoms with E-state index in [1.54, 1.807) is 25.2 Å². The number of ether oxygens (including phenoxy) is 1. The average Bonchev–Trinajstić information content (AvgIpc) is 2.48. The van der Waals surface area contributed by atoms with Crippen LogP contribution < -0.4 is 10.1 Å². The van der Waals surface area contributed by atoms with Crippen molar-refractivity contribution in [2.45, 2.75) is 6.04 Å². The van der Waals surface area contributed by atoms with Crippen LogP contribution in [0.2, 0.25) is 5.02 Å². The summed E-state index contributed by atoms with van der Waals surface area (Å²) in [7, 11) is 3.03. The molecule has 1 atom stereocenters. The van der Waals surface area contributed by atoms with E-state index in [9.17, 15) is 13.2 Å². The Labute approximate surface area is 125 Å². The molecule has 21 heavy (non-hydrogen) atoms. The topological polar surface area (TPSA) is 21.3 Å². The van der Waals surface area contributed by atoms with Gasteiger partial charge < -0.3 is 10.1 Å². The van der Waals surface area contributed by atoms with Crippen molar-refractivity contribution in [2.24, 2.45) is 0 Å². The summed E-state index contributed by atoms with van der Waals surface area (Å²) in [5, 5.41) is 3.28. The molecule has 0 saturated carbocycles. The number of hydrogen-bond donors (Lipinski definition) is 1. The highest BCUT2D eigenvalue weighted by molar-refractivity contribution is 6.30. The molecule has 6 heteroatoms. The molecule has 0 bridgehead atoms. The van der Waals surface area contributed by atoms with Gasteiger partial charge in [-0.25, -0.2) is 13.2 Å². The van der Waals surface area contributed by atoms with Crippen LogP contribution in [0.4, 0.5) is 13.2 Å². The maximum absolute atomic E-state index is 14.0. The van der Waals surface area contributed by atoms with Crippen LogP contribution >= 0.6 is 11.6 Å². The summed E-state index contributed by atoms with van der Waals surface area (Å²) in [4.78, 5) is 0. The molecule has 2 aromatic rings. The van der Waals surface area contributed by atoms with Crippen molar-refractivity contribution >= 4 is 11.6 Å². The Kier molecular flexibility index (Phi) is 4.75. The second-order valence-corrected chi connectivity index (χ2v) is 4.81. The van der Waals surface area contributed by atoms with E-state index in [-0.39, 0.29) is 5.56 Å². The number of benzene rings is 2. The number of hydrogen-bond acceptors (Lipinski definition) is 2. The van der Waals surface area contributed by atoms with Crippen LogP contribution in [0, 0.1) is 17.5 Å². The second kappa shape index (κ2) is 6.37. The number of nitrogens with one attached hydrogen (secondary N) is 1. The van der Waals surface area contributed by atoms with Crippen molar-refractivity contribution in [3.8, 4) is 5.75 Å². The van der Waals surface area contributed by atoms with E-state index in [4.69, 9.17) is 16.3 Å². The van der Waals surface area contributed by atoms with Crippen LogP contribution in [0.3, 0.4) is 0 Å². The lowest BCUT2D eigenvalue weighted by Crippen LogP contribution is -2.20. The Morgan fingerprint density at radius 3 is 2.38 bits per heavy atom. The van der Waals surface area contributed by atoms with Gasteiger partial charge in [0.2, 0.25) is 0 Å². The van der Waals surface area contributed by atoms with E-state index < -0.39 is 23.5 Å². The van der Waals surface area contributed by atoms with Crippen LogP contribution in [0.25, 0.3) is 0 Å². The molecular formula is C15H13ClF3NO. The Hall–Kier alpha value is -1.72. The van der Waals surface area contributed by atoms with Gasteiger partial charge in [-0.05, 0) is 31.3 Å². The highest BCUT2D eigenvalue weighted by atomic mass is 35.5. The van der Waals surface area contributed by atoms with Crippen LogP contribution in [-0.4, -0.2) is 14.2 Å². The highest BCUT2D eigenvalue weighted by Gasteiger charge is 2.23. The molecule has 0 aliphatic heterocycles. The first-order valence-corrected chi connectivity index (χ1v) is 6.51. The van der Waals surface area contributed by atoms with E-state index in [0.717, 1.165) is 6.07 Å². The fraction of sp³-hybridized carbons (Fsp3) is 0.200. The molecule has 0 heterocycles. The lowest BCUT2D eigenvalue weighted by molar-refractivity contribution is 0.402.